The molecule has 0 radical (unpaired) electrons. The van der Waals surface area contributed by atoms with Gasteiger partial charge in [0, 0.05) is 30.2 Å². The van der Waals surface area contributed by atoms with Gasteiger partial charge >= 0.3 is 0 Å². The Morgan fingerprint density at radius 2 is 2.08 bits per heavy atom. The quantitative estimate of drug-likeness (QED) is 0.339. The number of ether oxygens (including phenoxy) is 1. The molecular formula is C16H22Cl2N4OS. The van der Waals surface area contributed by atoms with Crippen LogP contribution in [0.25, 0.3) is 0 Å². The summed E-state index contributed by atoms with van der Waals surface area (Å²) in [6, 6.07) is 5.31. The fourth-order valence-corrected chi connectivity index (χ4v) is 3.04. The first-order chi connectivity index (χ1) is 11.6. The van der Waals surface area contributed by atoms with Crippen LogP contribution < -0.4 is 10.7 Å². The maximum Gasteiger partial charge on any atom is 0.186 e. The Bertz CT molecular complexity index is 591. The lowest BCUT2D eigenvalue weighted by Gasteiger charge is -2.26. The molecule has 1 heterocycles. The van der Waals surface area contributed by atoms with Gasteiger partial charge in [-0.05, 0) is 44.2 Å². The number of halogens is 2. The lowest BCUT2D eigenvalue weighted by atomic mass is 10.1. The molecule has 24 heavy (non-hydrogen) atoms. The average Bonchev–Trinajstić information content (AvgIpc) is 2.57. The van der Waals surface area contributed by atoms with Crippen LogP contribution in [0.15, 0.2) is 23.3 Å². The number of morpholine rings is 1. The molecule has 2 N–H and O–H groups in total. The zero-order chi connectivity index (χ0) is 17.4. The summed E-state index contributed by atoms with van der Waals surface area (Å²) in [5, 5.41) is 9.08. The minimum Gasteiger partial charge on any atom is -0.379 e. The van der Waals surface area contributed by atoms with Crippen LogP contribution in [0.1, 0.15) is 18.9 Å². The van der Waals surface area contributed by atoms with E-state index in [1.165, 1.54) is 0 Å². The van der Waals surface area contributed by atoms with Crippen LogP contribution in [0.3, 0.4) is 0 Å². The standard InChI is InChI=1S/C16H22Cl2N4OS/c1-12(14-4-3-13(17)11-15(14)18)20-21-16(24)19-5-2-6-22-7-9-23-10-8-22/h3-4,11H,2,5-10H2,1H3,(H2,19,21,24)/b20-12-. The molecule has 1 aromatic rings. The maximum absolute atomic E-state index is 6.16. The van der Waals surface area contributed by atoms with Crippen LogP contribution in [0.4, 0.5) is 0 Å². The van der Waals surface area contributed by atoms with Crippen molar-refractivity contribution in [3.05, 3.63) is 33.8 Å². The molecule has 0 unspecified atom stereocenters. The van der Waals surface area contributed by atoms with E-state index < -0.39 is 0 Å². The molecule has 0 amide bonds. The van der Waals surface area contributed by atoms with Crippen molar-refractivity contribution < 1.29 is 4.74 Å². The Morgan fingerprint density at radius 1 is 1.33 bits per heavy atom. The van der Waals surface area contributed by atoms with Crippen LogP contribution in [0.2, 0.25) is 10.0 Å². The van der Waals surface area contributed by atoms with E-state index >= 15 is 0 Å². The van der Waals surface area contributed by atoms with Crippen LogP contribution in [0, 0.1) is 0 Å². The SMILES string of the molecule is C/C(=N/NC(=S)NCCCN1CCOCC1)c1ccc(Cl)cc1Cl. The predicted octanol–water partition coefficient (Wildman–Crippen LogP) is 2.90. The number of rotatable bonds is 6. The van der Waals surface area contributed by atoms with Gasteiger partial charge in [-0.25, -0.2) is 0 Å². The molecule has 1 aliphatic rings. The maximum atomic E-state index is 6.16. The summed E-state index contributed by atoms with van der Waals surface area (Å²) in [6.45, 7) is 7.38. The minimum absolute atomic E-state index is 0.501. The summed E-state index contributed by atoms with van der Waals surface area (Å²) in [5.41, 5.74) is 4.41. The highest BCUT2D eigenvalue weighted by Gasteiger charge is 2.09. The predicted molar refractivity (Wildman–Crippen MR) is 104 cm³/mol. The molecule has 2 rings (SSSR count). The van der Waals surface area contributed by atoms with E-state index in [9.17, 15) is 0 Å². The Hall–Kier alpha value is -0.920. The molecule has 5 nitrogen and oxygen atoms in total. The van der Waals surface area contributed by atoms with Gasteiger partial charge in [-0.2, -0.15) is 5.10 Å². The molecule has 0 aliphatic carbocycles. The molecule has 1 fully saturated rings. The third kappa shape index (κ3) is 6.53. The number of hydrogen-bond donors (Lipinski definition) is 2. The van der Waals surface area contributed by atoms with Crippen molar-refractivity contribution >= 4 is 46.2 Å². The number of nitrogens with zero attached hydrogens (tertiary/aromatic N) is 2. The third-order valence-corrected chi connectivity index (χ3v) is 4.47. The lowest BCUT2D eigenvalue weighted by Crippen LogP contribution is -2.39. The second kappa shape index (κ2) is 10.2. The molecule has 1 aliphatic heterocycles. The largest absolute Gasteiger partial charge is 0.379 e. The zero-order valence-corrected chi connectivity index (χ0v) is 16.0. The van der Waals surface area contributed by atoms with Crippen LogP contribution in [-0.4, -0.2) is 55.1 Å². The molecule has 0 bridgehead atoms. The zero-order valence-electron chi connectivity index (χ0n) is 13.6. The van der Waals surface area contributed by atoms with Gasteiger partial charge in [0.05, 0.1) is 23.9 Å². The normalized spacial score (nSPS) is 16.0. The van der Waals surface area contributed by atoms with E-state index in [0.717, 1.165) is 57.1 Å². The summed E-state index contributed by atoms with van der Waals surface area (Å²) in [7, 11) is 0. The van der Waals surface area contributed by atoms with E-state index in [4.69, 9.17) is 40.2 Å². The molecule has 132 valence electrons. The number of hydrogen-bond acceptors (Lipinski definition) is 4. The van der Waals surface area contributed by atoms with Gasteiger partial charge in [0.1, 0.15) is 0 Å². The van der Waals surface area contributed by atoms with E-state index in [0.29, 0.717) is 15.2 Å². The van der Waals surface area contributed by atoms with Crippen molar-refractivity contribution in [2.75, 3.05) is 39.4 Å². The van der Waals surface area contributed by atoms with Crippen molar-refractivity contribution in [2.45, 2.75) is 13.3 Å². The molecule has 1 aromatic carbocycles. The lowest BCUT2D eigenvalue weighted by molar-refractivity contribution is 0.0376. The van der Waals surface area contributed by atoms with Gasteiger partial charge in [-0.3, -0.25) is 10.3 Å². The number of nitrogens with one attached hydrogen (secondary N) is 2. The van der Waals surface area contributed by atoms with Gasteiger partial charge in [0.25, 0.3) is 0 Å². The van der Waals surface area contributed by atoms with Gasteiger partial charge in [-0.15, -0.1) is 0 Å². The topological polar surface area (TPSA) is 48.9 Å². The van der Waals surface area contributed by atoms with E-state index in [2.05, 4.69) is 20.7 Å². The van der Waals surface area contributed by atoms with Crippen LogP contribution >= 0.6 is 35.4 Å². The highest BCUT2D eigenvalue weighted by molar-refractivity contribution is 7.80. The fraction of sp³-hybridized carbons (Fsp3) is 0.500. The van der Waals surface area contributed by atoms with Crippen molar-refractivity contribution in [1.82, 2.24) is 15.6 Å². The Labute approximate surface area is 158 Å². The summed E-state index contributed by atoms with van der Waals surface area (Å²) in [4.78, 5) is 2.40. The van der Waals surface area contributed by atoms with Crippen LogP contribution in [-0.2, 0) is 4.74 Å². The van der Waals surface area contributed by atoms with E-state index in [-0.39, 0.29) is 0 Å². The second-order valence-electron chi connectivity index (χ2n) is 5.50. The summed E-state index contributed by atoms with van der Waals surface area (Å²) < 4.78 is 5.33. The first-order valence-electron chi connectivity index (χ1n) is 7.90. The van der Waals surface area contributed by atoms with Crippen LogP contribution in [0.5, 0.6) is 0 Å². The first-order valence-corrected chi connectivity index (χ1v) is 9.06. The van der Waals surface area contributed by atoms with Crippen molar-refractivity contribution in [3.8, 4) is 0 Å². The molecule has 8 heteroatoms. The first kappa shape index (κ1) is 19.4. The van der Waals surface area contributed by atoms with Gasteiger partial charge in [-0.1, -0.05) is 29.3 Å². The Morgan fingerprint density at radius 3 is 2.79 bits per heavy atom. The molecule has 0 spiro atoms. The number of hydrazone groups is 1. The number of benzene rings is 1. The number of thiocarbonyl (C=S) groups is 1. The molecule has 0 atom stereocenters. The van der Waals surface area contributed by atoms with E-state index in [1.807, 2.05) is 13.0 Å². The minimum atomic E-state index is 0.501. The van der Waals surface area contributed by atoms with Crippen molar-refractivity contribution in [1.29, 1.82) is 0 Å². The molecular weight excluding hydrogens is 367 g/mol. The highest BCUT2D eigenvalue weighted by Crippen LogP contribution is 2.21. The Kier molecular flexibility index (Phi) is 8.21. The summed E-state index contributed by atoms with van der Waals surface area (Å²) >= 11 is 17.3. The summed E-state index contributed by atoms with van der Waals surface area (Å²) in [6.07, 6.45) is 1.02. The molecule has 0 aromatic heterocycles. The smallest absolute Gasteiger partial charge is 0.186 e. The summed E-state index contributed by atoms with van der Waals surface area (Å²) in [5.74, 6) is 0. The molecule has 0 saturated carbocycles. The monoisotopic (exact) mass is 388 g/mol. The van der Waals surface area contributed by atoms with Gasteiger partial charge < -0.3 is 10.1 Å². The third-order valence-electron chi connectivity index (χ3n) is 3.69. The fourth-order valence-electron chi connectivity index (χ4n) is 2.35. The van der Waals surface area contributed by atoms with Crippen molar-refractivity contribution in [2.24, 2.45) is 5.10 Å². The van der Waals surface area contributed by atoms with Gasteiger partial charge in [0.15, 0.2) is 5.11 Å². The van der Waals surface area contributed by atoms with Crippen molar-refractivity contribution in [3.63, 3.8) is 0 Å². The molecule has 1 saturated heterocycles. The van der Waals surface area contributed by atoms with Gasteiger partial charge in [0.2, 0.25) is 0 Å². The second-order valence-corrected chi connectivity index (χ2v) is 6.75. The highest BCUT2D eigenvalue weighted by atomic mass is 35.5. The average molecular weight is 389 g/mol. The Balaban J connectivity index is 1.69. The van der Waals surface area contributed by atoms with E-state index in [1.54, 1.807) is 12.1 Å².